The van der Waals surface area contributed by atoms with Crippen LogP contribution in [0.2, 0.25) is 0 Å². The van der Waals surface area contributed by atoms with Crippen LogP contribution in [0.1, 0.15) is 18.4 Å². The molecule has 0 saturated heterocycles. The molecular formula is C11H13ClNO. The molecule has 0 amide bonds. The molecule has 0 spiro atoms. The topological polar surface area (TPSA) is 29.1 Å². The highest BCUT2D eigenvalue weighted by atomic mass is 35.5. The van der Waals surface area contributed by atoms with E-state index < -0.39 is 0 Å². The monoisotopic (exact) mass is 210 g/mol. The predicted octanol–water partition coefficient (Wildman–Crippen LogP) is 2.55. The van der Waals surface area contributed by atoms with Crippen LogP contribution in [0.3, 0.4) is 0 Å². The zero-order valence-electron chi connectivity index (χ0n) is 8.09. The summed E-state index contributed by atoms with van der Waals surface area (Å²) in [5.41, 5.74) is 1.93. The highest BCUT2D eigenvalue weighted by Crippen LogP contribution is 2.22. The molecule has 1 aromatic rings. The fourth-order valence-electron chi connectivity index (χ4n) is 1.28. The first-order chi connectivity index (χ1) is 6.79. The van der Waals surface area contributed by atoms with Gasteiger partial charge in [0.25, 0.3) is 0 Å². The first-order valence-electron chi connectivity index (χ1n) is 4.56. The summed E-state index contributed by atoms with van der Waals surface area (Å²) in [7, 11) is 0. The molecule has 1 atom stereocenters. The van der Waals surface area contributed by atoms with E-state index in [1.54, 1.807) is 0 Å². The predicted molar refractivity (Wildman–Crippen MR) is 59.8 cm³/mol. The SMILES string of the molecule is CC([C]=O)c1ccccc1NCCCl. The summed E-state index contributed by atoms with van der Waals surface area (Å²) in [5, 5.41) is 3.17. The number of hydrogen-bond donors (Lipinski definition) is 1. The van der Waals surface area contributed by atoms with E-state index in [4.69, 9.17) is 11.6 Å². The molecule has 1 radical (unpaired) electrons. The molecule has 1 unspecified atom stereocenters. The van der Waals surface area contributed by atoms with Gasteiger partial charge >= 0.3 is 0 Å². The van der Waals surface area contributed by atoms with Crippen LogP contribution >= 0.6 is 11.6 Å². The standard InChI is InChI=1S/C11H13ClNO/c1-9(8-14)10-4-2-3-5-11(10)13-7-6-12/h2-5,9,13H,6-7H2,1H3. The fourth-order valence-corrected chi connectivity index (χ4v) is 1.38. The maximum atomic E-state index is 10.6. The summed E-state index contributed by atoms with van der Waals surface area (Å²) in [6, 6.07) is 7.70. The average Bonchev–Trinajstić information content (AvgIpc) is 2.25. The van der Waals surface area contributed by atoms with Crippen molar-refractivity contribution in [1.82, 2.24) is 0 Å². The highest BCUT2D eigenvalue weighted by molar-refractivity contribution is 6.18. The van der Waals surface area contributed by atoms with Gasteiger partial charge in [0.05, 0.1) is 0 Å². The van der Waals surface area contributed by atoms with Crippen molar-refractivity contribution < 1.29 is 4.79 Å². The quantitative estimate of drug-likeness (QED) is 0.757. The average molecular weight is 211 g/mol. The van der Waals surface area contributed by atoms with Crippen LogP contribution in [0, 0.1) is 0 Å². The Morgan fingerprint density at radius 1 is 1.50 bits per heavy atom. The van der Waals surface area contributed by atoms with Crippen LogP contribution in [-0.2, 0) is 4.79 Å². The Hall–Kier alpha value is -1.02. The summed E-state index contributed by atoms with van der Waals surface area (Å²) in [4.78, 5) is 10.6. The van der Waals surface area contributed by atoms with Crippen molar-refractivity contribution in [3.8, 4) is 0 Å². The first-order valence-corrected chi connectivity index (χ1v) is 5.09. The number of nitrogens with one attached hydrogen (secondary N) is 1. The Morgan fingerprint density at radius 2 is 2.21 bits per heavy atom. The van der Waals surface area contributed by atoms with E-state index >= 15 is 0 Å². The largest absolute Gasteiger partial charge is 0.384 e. The molecule has 1 aromatic carbocycles. The molecule has 0 aliphatic heterocycles. The number of hydrogen-bond acceptors (Lipinski definition) is 2. The number of benzene rings is 1. The third-order valence-electron chi connectivity index (χ3n) is 2.01. The number of anilines is 1. The van der Waals surface area contributed by atoms with Crippen molar-refractivity contribution >= 4 is 23.6 Å². The number of halogens is 1. The van der Waals surface area contributed by atoms with E-state index in [1.165, 1.54) is 0 Å². The molecule has 0 aliphatic rings. The van der Waals surface area contributed by atoms with Crippen molar-refractivity contribution in [2.45, 2.75) is 12.8 Å². The van der Waals surface area contributed by atoms with Crippen LogP contribution in [0.25, 0.3) is 0 Å². The van der Waals surface area contributed by atoms with Crippen LogP contribution in [-0.4, -0.2) is 18.7 Å². The smallest absolute Gasteiger partial charge is 0.206 e. The lowest BCUT2D eigenvalue weighted by Crippen LogP contribution is -2.07. The van der Waals surface area contributed by atoms with Gasteiger partial charge in [0.1, 0.15) is 0 Å². The minimum Gasteiger partial charge on any atom is -0.384 e. The number of carbonyl (C=O) groups excluding carboxylic acids is 1. The van der Waals surface area contributed by atoms with E-state index in [0.717, 1.165) is 11.3 Å². The van der Waals surface area contributed by atoms with Gasteiger partial charge in [-0.05, 0) is 11.6 Å². The van der Waals surface area contributed by atoms with Crippen molar-refractivity contribution in [2.75, 3.05) is 17.7 Å². The van der Waals surface area contributed by atoms with Crippen molar-refractivity contribution in [1.29, 1.82) is 0 Å². The minimum atomic E-state index is -0.200. The molecule has 1 N–H and O–H groups in total. The lowest BCUT2D eigenvalue weighted by atomic mass is 10.0. The van der Waals surface area contributed by atoms with Gasteiger partial charge in [-0.25, -0.2) is 0 Å². The van der Waals surface area contributed by atoms with Gasteiger partial charge in [-0.15, -0.1) is 11.6 Å². The van der Waals surface area contributed by atoms with Crippen molar-refractivity contribution in [3.05, 3.63) is 29.8 Å². The van der Waals surface area contributed by atoms with E-state index in [0.29, 0.717) is 12.4 Å². The zero-order valence-corrected chi connectivity index (χ0v) is 8.84. The fraction of sp³-hybridized carbons (Fsp3) is 0.364. The summed E-state index contributed by atoms with van der Waals surface area (Å²) in [6.45, 7) is 2.53. The second-order valence-electron chi connectivity index (χ2n) is 3.04. The molecule has 0 fully saturated rings. The van der Waals surface area contributed by atoms with Crippen LogP contribution in [0.4, 0.5) is 5.69 Å². The number of alkyl halides is 1. The lowest BCUT2D eigenvalue weighted by molar-refractivity contribution is 0.546. The molecule has 14 heavy (non-hydrogen) atoms. The molecular weight excluding hydrogens is 198 g/mol. The molecule has 3 heteroatoms. The molecule has 0 saturated carbocycles. The van der Waals surface area contributed by atoms with Crippen LogP contribution in [0.15, 0.2) is 24.3 Å². The van der Waals surface area contributed by atoms with E-state index in [2.05, 4.69) is 5.32 Å². The Balaban J connectivity index is 2.85. The van der Waals surface area contributed by atoms with Crippen LogP contribution < -0.4 is 5.32 Å². The van der Waals surface area contributed by atoms with Crippen LogP contribution in [0.5, 0.6) is 0 Å². The van der Waals surface area contributed by atoms with Gasteiger partial charge in [0, 0.05) is 24.0 Å². The molecule has 0 aromatic heterocycles. The molecule has 75 valence electrons. The Kier molecular flexibility index (Phi) is 4.47. The first kappa shape index (κ1) is 11.1. The van der Waals surface area contributed by atoms with Crippen molar-refractivity contribution in [2.24, 2.45) is 0 Å². The van der Waals surface area contributed by atoms with E-state index in [-0.39, 0.29) is 5.92 Å². The second kappa shape index (κ2) is 5.66. The van der Waals surface area contributed by atoms with Gasteiger partial charge in [0.2, 0.25) is 6.29 Å². The Labute approximate surface area is 89.3 Å². The maximum absolute atomic E-state index is 10.6. The Bertz CT molecular complexity index is 301. The molecule has 0 heterocycles. The summed E-state index contributed by atoms with van der Waals surface area (Å²) in [6.07, 6.45) is 1.98. The van der Waals surface area contributed by atoms with Gasteiger partial charge in [-0.1, -0.05) is 25.1 Å². The summed E-state index contributed by atoms with van der Waals surface area (Å²) in [5.74, 6) is 0.349. The molecule has 0 aliphatic carbocycles. The number of rotatable bonds is 5. The number of para-hydroxylation sites is 1. The summed E-state index contributed by atoms with van der Waals surface area (Å²) >= 11 is 5.58. The third-order valence-corrected chi connectivity index (χ3v) is 2.20. The summed E-state index contributed by atoms with van der Waals surface area (Å²) < 4.78 is 0. The van der Waals surface area contributed by atoms with E-state index in [1.807, 2.05) is 37.5 Å². The third kappa shape index (κ3) is 2.74. The highest BCUT2D eigenvalue weighted by Gasteiger charge is 2.08. The Morgan fingerprint density at radius 3 is 2.86 bits per heavy atom. The van der Waals surface area contributed by atoms with Gasteiger partial charge in [-0.3, -0.25) is 4.79 Å². The molecule has 1 rings (SSSR count). The normalized spacial score (nSPS) is 12.1. The van der Waals surface area contributed by atoms with Gasteiger partial charge < -0.3 is 5.32 Å². The molecule has 0 bridgehead atoms. The second-order valence-corrected chi connectivity index (χ2v) is 3.42. The van der Waals surface area contributed by atoms with Gasteiger partial charge in [0.15, 0.2) is 0 Å². The zero-order chi connectivity index (χ0) is 10.4. The van der Waals surface area contributed by atoms with E-state index in [9.17, 15) is 4.79 Å². The maximum Gasteiger partial charge on any atom is 0.206 e. The van der Waals surface area contributed by atoms with Crippen molar-refractivity contribution in [3.63, 3.8) is 0 Å². The molecule has 2 nitrogen and oxygen atoms in total. The lowest BCUT2D eigenvalue weighted by Gasteiger charge is -2.12. The minimum absolute atomic E-state index is 0.200. The van der Waals surface area contributed by atoms with Gasteiger partial charge in [-0.2, -0.15) is 0 Å².